The molecular weight excluding hydrogens is 316 g/mol. The molecular formula is C17H21ClN2O3. The van der Waals surface area contributed by atoms with Gasteiger partial charge in [0.25, 0.3) is 0 Å². The molecule has 6 heteroatoms. The van der Waals surface area contributed by atoms with E-state index in [1.54, 1.807) is 4.90 Å². The Bertz CT molecular complexity index is 589. The van der Waals surface area contributed by atoms with Crippen molar-refractivity contribution < 1.29 is 14.3 Å². The Morgan fingerprint density at radius 1 is 1.35 bits per heavy atom. The minimum atomic E-state index is -0.245. The lowest BCUT2D eigenvalue weighted by molar-refractivity contribution is -0.121. The highest BCUT2D eigenvalue weighted by atomic mass is 35.5. The SMILES string of the molecule is O=C(CCCc1ccccc1Cl)NCC1CN(C2CC2)C(=O)O1. The normalized spacial score (nSPS) is 20.5. The lowest BCUT2D eigenvalue weighted by atomic mass is 10.1. The maximum absolute atomic E-state index is 11.9. The lowest BCUT2D eigenvalue weighted by Crippen LogP contribution is -2.34. The van der Waals surface area contributed by atoms with Gasteiger partial charge >= 0.3 is 6.09 Å². The zero-order valence-electron chi connectivity index (χ0n) is 13.0. The molecule has 0 bridgehead atoms. The van der Waals surface area contributed by atoms with Crippen LogP contribution in [-0.4, -0.2) is 42.1 Å². The average molecular weight is 337 g/mol. The second-order valence-corrected chi connectivity index (χ2v) is 6.55. The molecule has 1 aliphatic carbocycles. The highest BCUT2D eigenvalue weighted by Crippen LogP contribution is 2.30. The van der Waals surface area contributed by atoms with E-state index in [2.05, 4.69) is 5.32 Å². The molecule has 5 nitrogen and oxygen atoms in total. The maximum Gasteiger partial charge on any atom is 0.410 e. The molecule has 23 heavy (non-hydrogen) atoms. The van der Waals surface area contributed by atoms with Crippen LogP contribution in [-0.2, 0) is 16.0 Å². The van der Waals surface area contributed by atoms with Crippen LogP contribution in [0.3, 0.4) is 0 Å². The number of ether oxygens (including phenoxy) is 1. The van der Waals surface area contributed by atoms with Crippen LogP contribution in [0.25, 0.3) is 0 Å². The van der Waals surface area contributed by atoms with Crippen molar-refractivity contribution in [3.63, 3.8) is 0 Å². The summed E-state index contributed by atoms with van der Waals surface area (Å²) >= 11 is 6.09. The number of cyclic esters (lactones) is 1. The molecule has 2 aliphatic rings. The molecule has 3 rings (SSSR count). The monoisotopic (exact) mass is 336 g/mol. The zero-order valence-corrected chi connectivity index (χ0v) is 13.7. The minimum absolute atomic E-state index is 0.0158. The van der Waals surface area contributed by atoms with Crippen molar-refractivity contribution in [3.05, 3.63) is 34.9 Å². The van der Waals surface area contributed by atoms with Crippen LogP contribution in [0, 0.1) is 0 Å². The van der Waals surface area contributed by atoms with Crippen molar-refractivity contribution in [2.24, 2.45) is 0 Å². The summed E-state index contributed by atoms with van der Waals surface area (Å²) in [5.41, 5.74) is 1.06. The number of carbonyl (C=O) groups is 2. The summed E-state index contributed by atoms with van der Waals surface area (Å²) in [5, 5.41) is 3.59. The largest absolute Gasteiger partial charge is 0.442 e. The van der Waals surface area contributed by atoms with E-state index in [0.717, 1.165) is 36.3 Å². The molecule has 1 aromatic carbocycles. The molecule has 0 aromatic heterocycles. The summed E-state index contributed by atoms with van der Waals surface area (Å²) in [5.74, 6) is -0.0158. The van der Waals surface area contributed by atoms with E-state index in [9.17, 15) is 9.59 Å². The van der Waals surface area contributed by atoms with E-state index in [1.165, 1.54) is 0 Å². The Labute approximate surface area is 140 Å². The van der Waals surface area contributed by atoms with E-state index < -0.39 is 0 Å². The van der Waals surface area contributed by atoms with Crippen molar-refractivity contribution in [2.75, 3.05) is 13.1 Å². The number of nitrogens with zero attached hydrogens (tertiary/aromatic N) is 1. The number of carbonyl (C=O) groups excluding carboxylic acids is 2. The summed E-state index contributed by atoms with van der Waals surface area (Å²) in [6.45, 7) is 0.975. The van der Waals surface area contributed by atoms with Crippen molar-refractivity contribution in [3.8, 4) is 0 Å². The number of aryl methyl sites for hydroxylation is 1. The Morgan fingerprint density at radius 3 is 2.87 bits per heavy atom. The third-order valence-electron chi connectivity index (χ3n) is 4.22. The standard InChI is InChI=1S/C17H21ClN2O3/c18-15-6-2-1-4-12(15)5-3-7-16(21)19-10-14-11-20(13-8-9-13)17(22)23-14/h1-2,4,6,13-14H,3,5,7-11H2,(H,19,21). The predicted molar refractivity (Wildman–Crippen MR) is 87.4 cm³/mol. The van der Waals surface area contributed by atoms with Gasteiger partial charge in [0.2, 0.25) is 5.91 Å². The molecule has 2 fully saturated rings. The molecule has 1 atom stereocenters. The Kier molecular flexibility index (Phi) is 5.06. The molecule has 2 amide bonds. The summed E-state index contributed by atoms with van der Waals surface area (Å²) in [6.07, 6.45) is 3.63. The molecule has 1 heterocycles. The smallest absolute Gasteiger partial charge is 0.410 e. The molecule has 1 saturated carbocycles. The van der Waals surface area contributed by atoms with Crippen LogP contribution in [0.15, 0.2) is 24.3 Å². The van der Waals surface area contributed by atoms with Gasteiger partial charge in [0, 0.05) is 17.5 Å². The summed E-state index contributed by atoms with van der Waals surface area (Å²) in [6, 6.07) is 8.04. The van der Waals surface area contributed by atoms with Crippen LogP contribution in [0.1, 0.15) is 31.2 Å². The second kappa shape index (κ2) is 7.21. The predicted octanol–water partition coefficient (Wildman–Crippen LogP) is 2.76. The van der Waals surface area contributed by atoms with Gasteiger partial charge in [0.1, 0.15) is 6.10 Å². The van der Waals surface area contributed by atoms with E-state index in [4.69, 9.17) is 16.3 Å². The first-order valence-corrected chi connectivity index (χ1v) is 8.48. The van der Waals surface area contributed by atoms with Gasteiger partial charge in [-0.15, -0.1) is 0 Å². The molecule has 1 aliphatic heterocycles. The molecule has 1 saturated heterocycles. The minimum Gasteiger partial charge on any atom is -0.442 e. The fraction of sp³-hybridized carbons (Fsp3) is 0.529. The number of benzene rings is 1. The third kappa shape index (κ3) is 4.38. The van der Waals surface area contributed by atoms with Crippen molar-refractivity contribution in [2.45, 2.75) is 44.2 Å². The Balaban J connectivity index is 1.34. The van der Waals surface area contributed by atoms with E-state index >= 15 is 0 Å². The topological polar surface area (TPSA) is 58.6 Å². The third-order valence-corrected chi connectivity index (χ3v) is 4.59. The van der Waals surface area contributed by atoms with E-state index in [1.807, 2.05) is 24.3 Å². The molecule has 1 unspecified atom stereocenters. The first-order valence-electron chi connectivity index (χ1n) is 8.11. The van der Waals surface area contributed by atoms with Gasteiger partial charge in [0.05, 0.1) is 13.1 Å². The summed E-state index contributed by atoms with van der Waals surface area (Å²) in [4.78, 5) is 25.3. The number of amides is 2. The highest BCUT2D eigenvalue weighted by Gasteiger charge is 2.40. The Hall–Kier alpha value is -1.75. The molecule has 124 valence electrons. The first-order chi connectivity index (χ1) is 11.1. The number of rotatable bonds is 7. The quantitative estimate of drug-likeness (QED) is 0.833. The average Bonchev–Trinajstić information content (AvgIpc) is 3.30. The van der Waals surface area contributed by atoms with Crippen molar-refractivity contribution in [1.82, 2.24) is 10.2 Å². The number of hydrogen-bond acceptors (Lipinski definition) is 3. The maximum atomic E-state index is 11.9. The number of halogens is 1. The number of hydrogen-bond donors (Lipinski definition) is 1. The highest BCUT2D eigenvalue weighted by molar-refractivity contribution is 6.31. The fourth-order valence-electron chi connectivity index (χ4n) is 2.79. The van der Waals surface area contributed by atoms with Crippen molar-refractivity contribution >= 4 is 23.6 Å². The van der Waals surface area contributed by atoms with Crippen LogP contribution in [0.4, 0.5) is 4.79 Å². The van der Waals surface area contributed by atoms with Gasteiger partial charge in [-0.2, -0.15) is 0 Å². The summed E-state index contributed by atoms with van der Waals surface area (Å²) < 4.78 is 5.27. The zero-order chi connectivity index (χ0) is 16.2. The van der Waals surface area contributed by atoms with Gasteiger partial charge in [-0.3, -0.25) is 4.79 Å². The molecule has 0 spiro atoms. The van der Waals surface area contributed by atoms with Crippen LogP contribution >= 0.6 is 11.6 Å². The lowest BCUT2D eigenvalue weighted by Gasteiger charge is -2.11. The Morgan fingerprint density at radius 2 is 2.13 bits per heavy atom. The number of nitrogens with one attached hydrogen (secondary N) is 1. The summed E-state index contributed by atoms with van der Waals surface area (Å²) in [7, 11) is 0. The van der Waals surface area contributed by atoms with Gasteiger partial charge in [-0.05, 0) is 37.3 Å². The molecule has 1 aromatic rings. The van der Waals surface area contributed by atoms with Crippen molar-refractivity contribution in [1.29, 1.82) is 0 Å². The van der Waals surface area contributed by atoms with Gasteiger partial charge < -0.3 is 15.0 Å². The fourth-order valence-corrected chi connectivity index (χ4v) is 3.02. The molecule has 1 N–H and O–H groups in total. The molecule has 0 radical (unpaired) electrons. The second-order valence-electron chi connectivity index (χ2n) is 6.14. The van der Waals surface area contributed by atoms with Gasteiger partial charge in [0.15, 0.2) is 0 Å². The van der Waals surface area contributed by atoms with E-state index in [0.29, 0.717) is 25.6 Å². The van der Waals surface area contributed by atoms with Gasteiger partial charge in [-0.25, -0.2) is 4.79 Å². The van der Waals surface area contributed by atoms with E-state index in [-0.39, 0.29) is 18.1 Å². The van der Waals surface area contributed by atoms with Crippen LogP contribution < -0.4 is 5.32 Å². The first kappa shape index (κ1) is 16.1. The van der Waals surface area contributed by atoms with Crippen LogP contribution in [0.2, 0.25) is 5.02 Å². The van der Waals surface area contributed by atoms with Gasteiger partial charge in [-0.1, -0.05) is 29.8 Å². The van der Waals surface area contributed by atoms with Crippen LogP contribution in [0.5, 0.6) is 0 Å².